The van der Waals surface area contributed by atoms with Gasteiger partial charge in [0.2, 0.25) is 0 Å². The normalized spacial score (nSPS) is 13.3. The van der Waals surface area contributed by atoms with Crippen molar-refractivity contribution in [2.24, 2.45) is 0 Å². The lowest BCUT2D eigenvalue weighted by atomic mass is 9.84. The van der Waals surface area contributed by atoms with Crippen molar-refractivity contribution in [1.29, 1.82) is 0 Å². The summed E-state index contributed by atoms with van der Waals surface area (Å²) in [6.45, 7) is 13.4. The Morgan fingerprint density at radius 1 is 0.882 bits per heavy atom. The smallest absolute Gasteiger partial charge is 0.0526 e. The Bertz CT molecular complexity index is 536. The number of H-pyrrole nitrogens is 1. The van der Waals surface area contributed by atoms with Gasteiger partial charge in [-0.2, -0.15) is 0 Å². The Hall–Kier alpha value is -1.31. The van der Waals surface area contributed by atoms with E-state index in [1.807, 2.05) is 12.4 Å². The summed E-state index contributed by atoms with van der Waals surface area (Å²) in [7, 11) is 0. The van der Waals surface area contributed by atoms with E-state index < -0.39 is 0 Å². The molecule has 2 aromatic heterocycles. The molecular formula is C15H22N2. The van der Waals surface area contributed by atoms with Crippen LogP contribution in [0.2, 0.25) is 0 Å². The summed E-state index contributed by atoms with van der Waals surface area (Å²) in [5.74, 6) is 0. The van der Waals surface area contributed by atoms with Crippen LogP contribution >= 0.6 is 0 Å². The first kappa shape index (κ1) is 12.2. The summed E-state index contributed by atoms with van der Waals surface area (Å²) in [6.07, 6.45) is 6.08. The van der Waals surface area contributed by atoms with Crippen molar-refractivity contribution in [3.8, 4) is 0 Å². The van der Waals surface area contributed by atoms with E-state index in [-0.39, 0.29) is 10.8 Å². The van der Waals surface area contributed by atoms with Crippen molar-refractivity contribution < 1.29 is 0 Å². The molecule has 2 rings (SSSR count). The van der Waals surface area contributed by atoms with Crippen LogP contribution in [0.3, 0.4) is 0 Å². The molecule has 0 fully saturated rings. The Morgan fingerprint density at radius 3 is 2.00 bits per heavy atom. The SMILES string of the molecule is CC(C)(C)c1c[nH]c2c(C(C)(C)C)cncc12. The maximum atomic E-state index is 4.41. The average molecular weight is 230 g/mol. The van der Waals surface area contributed by atoms with Crippen molar-refractivity contribution in [3.05, 3.63) is 29.7 Å². The summed E-state index contributed by atoms with van der Waals surface area (Å²) in [4.78, 5) is 7.84. The summed E-state index contributed by atoms with van der Waals surface area (Å²) >= 11 is 0. The van der Waals surface area contributed by atoms with Gasteiger partial charge in [0.25, 0.3) is 0 Å². The lowest BCUT2D eigenvalue weighted by molar-refractivity contribution is 0.591. The maximum absolute atomic E-state index is 4.41. The number of aromatic nitrogens is 2. The molecule has 0 radical (unpaired) electrons. The van der Waals surface area contributed by atoms with Crippen molar-refractivity contribution in [3.63, 3.8) is 0 Å². The average Bonchev–Trinajstić information content (AvgIpc) is 2.57. The standard InChI is InChI=1S/C15H22N2/c1-14(2,3)11-9-17-13-10(11)7-16-8-12(13)15(4,5)6/h7-9,17H,1-6H3. The van der Waals surface area contributed by atoms with Crippen LogP contribution in [0.4, 0.5) is 0 Å². The quantitative estimate of drug-likeness (QED) is 0.723. The van der Waals surface area contributed by atoms with Crippen LogP contribution in [-0.4, -0.2) is 9.97 Å². The summed E-state index contributed by atoms with van der Waals surface area (Å²) < 4.78 is 0. The topological polar surface area (TPSA) is 28.7 Å². The summed E-state index contributed by atoms with van der Waals surface area (Å²) in [6, 6.07) is 0. The van der Waals surface area contributed by atoms with Gasteiger partial charge in [-0.3, -0.25) is 4.98 Å². The van der Waals surface area contributed by atoms with Crippen LogP contribution in [-0.2, 0) is 10.8 Å². The molecule has 2 heterocycles. The molecule has 0 unspecified atom stereocenters. The molecule has 92 valence electrons. The highest BCUT2D eigenvalue weighted by Crippen LogP contribution is 2.34. The third-order valence-corrected chi connectivity index (χ3v) is 3.21. The second kappa shape index (κ2) is 3.59. The molecule has 0 saturated carbocycles. The van der Waals surface area contributed by atoms with Gasteiger partial charge in [0.05, 0.1) is 5.52 Å². The number of fused-ring (bicyclic) bond motifs is 1. The molecule has 17 heavy (non-hydrogen) atoms. The molecule has 0 atom stereocenters. The van der Waals surface area contributed by atoms with Crippen LogP contribution in [0.25, 0.3) is 10.9 Å². The van der Waals surface area contributed by atoms with Crippen molar-refractivity contribution in [2.45, 2.75) is 52.4 Å². The minimum absolute atomic E-state index is 0.118. The van der Waals surface area contributed by atoms with Crippen molar-refractivity contribution in [1.82, 2.24) is 9.97 Å². The van der Waals surface area contributed by atoms with Crippen LogP contribution in [0.1, 0.15) is 52.7 Å². The predicted octanol–water partition coefficient (Wildman–Crippen LogP) is 4.16. The molecule has 2 heteroatoms. The van der Waals surface area contributed by atoms with Crippen LogP contribution < -0.4 is 0 Å². The number of aromatic amines is 1. The molecule has 0 saturated heterocycles. The number of pyridine rings is 1. The first-order valence-corrected chi connectivity index (χ1v) is 6.17. The first-order valence-electron chi connectivity index (χ1n) is 6.17. The largest absolute Gasteiger partial charge is 0.361 e. The van der Waals surface area contributed by atoms with Crippen LogP contribution in [0, 0.1) is 0 Å². The van der Waals surface area contributed by atoms with E-state index in [9.17, 15) is 0 Å². The first-order chi connectivity index (χ1) is 7.71. The Labute approximate surface area is 103 Å². The van der Waals surface area contributed by atoms with E-state index in [2.05, 4.69) is 57.7 Å². The van der Waals surface area contributed by atoms with Gasteiger partial charge in [-0.1, -0.05) is 41.5 Å². The fraction of sp³-hybridized carbons (Fsp3) is 0.533. The van der Waals surface area contributed by atoms with Gasteiger partial charge in [0.1, 0.15) is 0 Å². The lowest BCUT2D eigenvalue weighted by Gasteiger charge is -2.20. The third-order valence-electron chi connectivity index (χ3n) is 3.21. The van der Waals surface area contributed by atoms with E-state index in [4.69, 9.17) is 0 Å². The highest BCUT2D eigenvalue weighted by molar-refractivity contribution is 5.86. The lowest BCUT2D eigenvalue weighted by Crippen LogP contribution is -2.13. The zero-order chi connectivity index (χ0) is 12.8. The third kappa shape index (κ3) is 2.08. The van der Waals surface area contributed by atoms with E-state index in [0.717, 1.165) is 0 Å². The molecule has 0 aliphatic carbocycles. The van der Waals surface area contributed by atoms with Gasteiger partial charge < -0.3 is 4.98 Å². The molecule has 0 spiro atoms. The zero-order valence-corrected chi connectivity index (χ0v) is 11.7. The fourth-order valence-electron chi connectivity index (χ4n) is 2.23. The van der Waals surface area contributed by atoms with E-state index >= 15 is 0 Å². The predicted molar refractivity (Wildman–Crippen MR) is 73.5 cm³/mol. The van der Waals surface area contributed by atoms with Crippen LogP contribution in [0.5, 0.6) is 0 Å². The molecule has 0 amide bonds. The number of nitrogens with zero attached hydrogens (tertiary/aromatic N) is 1. The Kier molecular flexibility index (Phi) is 2.57. The van der Waals surface area contributed by atoms with E-state index in [1.165, 1.54) is 22.0 Å². The zero-order valence-electron chi connectivity index (χ0n) is 11.7. The molecular weight excluding hydrogens is 208 g/mol. The van der Waals surface area contributed by atoms with Gasteiger partial charge in [-0.25, -0.2) is 0 Å². The number of hydrogen-bond donors (Lipinski definition) is 1. The van der Waals surface area contributed by atoms with Gasteiger partial charge in [-0.15, -0.1) is 0 Å². The molecule has 0 aliphatic rings. The number of hydrogen-bond acceptors (Lipinski definition) is 1. The molecule has 0 aromatic carbocycles. The van der Waals surface area contributed by atoms with E-state index in [0.29, 0.717) is 0 Å². The highest BCUT2D eigenvalue weighted by atomic mass is 14.7. The van der Waals surface area contributed by atoms with Gasteiger partial charge in [0, 0.05) is 24.0 Å². The molecule has 2 aromatic rings. The Morgan fingerprint density at radius 2 is 1.47 bits per heavy atom. The molecule has 0 aliphatic heterocycles. The van der Waals surface area contributed by atoms with E-state index in [1.54, 1.807) is 0 Å². The van der Waals surface area contributed by atoms with Gasteiger partial charge in [0.15, 0.2) is 0 Å². The fourth-order valence-corrected chi connectivity index (χ4v) is 2.23. The monoisotopic (exact) mass is 230 g/mol. The minimum atomic E-state index is 0.118. The summed E-state index contributed by atoms with van der Waals surface area (Å²) in [5, 5.41) is 1.25. The second-order valence-electron chi connectivity index (χ2n) is 6.81. The summed E-state index contributed by atoms with van der Waals surface area (Å²) in [5.41, 5.74) is 4.12. The molecule has 1 N–H and O–H groups in total. The van der Waals surface area contributed by atoms with Crippen LogP contribution in [0.15, 0.2) is 18.6 Å². The molecule has 2 nitrogen and oxygen atoms in total. The Balaban J connectivity index is 2.74. The highest BCUT2D eigenvalue weighted by Gasteiger charge is 2.23. The van der Waals surface area contributed by atoms with Crippen molar-refractivity contribution in [2.75, 3.05) is 0 Å². The van der Waals surface area contributed by atoms with Gasteiger partial charge in [-0.05, 0) is 22.0 Å². The minimum Gasteiger partial charge on any atom is -0.361 e. The number of nitrogens with one attached hydrogen (secondary N) is 1. The second-order valence-corrected chi connectivity index (χ2v) is 6.81. The van der Waals surface area contributed by atoms with Crippen molar-refractivity contribution >= 4 is 10.9 Å². The maximum Gasteiger partial charge on any atom is 0.0526 e. The molecule has 0 bridgehead atoms. The van der Waals surface area contributed by atoms with Gasteiger partial charge >= 0.3 is 0 Å². The number of rotatable bonds is 0.